The number of rotatable bonds is 9. The standard InChI is InChI=1S/C23H30FN3O3S/c1-3-20(27(31(2,29)30)22-14-7-5-12-19(22)24)23(28)25-15-9-17-26-16-8-11-18-10-4-6-13-21(18)26/h4-7,10,12-14,20H,3,8-9,11,15-17H2,1-2H3,(H,25,28). The van der Waals surface area contributed by atoms with Gasteiger partial charge in [0.05, 0.1) is 11.9 Å². The second-order valence-electron chi connectivity index (χ2n) is 7.80. The molecule has 2 aromatic carbocycles. The molecule has 1 amide bonds. The maximum absolute atomic E-state index is 14.3. The van der Waals surface area contributed by atoms with Crippen LogP contribution in [0.3, 0.4) is 0 Å². The van der Waals surface area contributed by atoms with Crippen molar-refractivity contribution in [1.82, 2.24) is 5.32 Å². The quantitative estimate of drug-likeness (QED) is 0.599. The van der Waals surface area contributed by atoms with Crippen LogP contribution in [0.1, 0.15) is 31.7 Å². The van der Waals surface area contributed by atoms with Gasteiger partial charge in [-0.25, -0.2) is 12.8 Å². The molecule has 0 radical (unpaired) electrons. The number of nitrogens with one attached hydrogen (secondary N) is 1. The number of para-hydroxylation sites is 2. The molecule has 1 aliphatic rings. The van der Waals surface area contributed by atoms with Crippen LogP contribution in [-0.4, -0.2) is 46.3 Å². The van der Waals surface area contributed by atoms with Gasteiger partial charge in [0, 0.05) is 25.3 Å². The zero-order valence-corrected chi connectivity index (χ0v) is 18.9. The Morgan fingerprint density at radius 2 is 1.90 bits per heavy atom. The van der Waals surface area contributed by atoms with Crippen molar-refractivity contribution in [3.63, 3.8) is 0 Å². The number of anilines is 2. The van der Waals surface area contributed by atoms with E-state index >= 15 is 0 Å². The largest absolute Gasteiger partial charge is 0.371 e. The number of hydrogen-bond acceptors (Lipinski definition) is 4. The number of carbonyl (C=O) groups is 1. The third-order valence-electron chi connectivity index (χ3n) is 5.53. The molecule has 0 aromatic heterocycles. The molecule has 0 spiro atoms. The van der Waals surface area contributed by atoms with E-state index in [1.54, 1.807) is 13.0 Å². The van der Waals surface area contributed by atoms with Gasteiger partial charge in [-0.2, -0.15) is 0 Å². The minimum Gasteiger partial charge on any atom is -0.371 e. The minimum atomic E-state index is -3.85. The van der Waals surface area contributed by atoms with E-state index < -0.39 is 27.8 Å². The van der Waals surface area contributed by atoms with Crippen molar-refractivity contribution in [2.24, 2.45) is 0 Å². The Labute approximate surface area is 184 Å². The molecule has 2 aromatic rings. The van der Waals surface area contributed by atoms with E-state index in [9.17, 15) is 17.6 Å². The maximum Gasteiger partial charge on any atom is 0.243 e. The third-order valence-corrected chi connectivity index (χ3v) is 6.70. The summed E-state index contributed by atoms with van der Waals surface area (Å²) >= 11 is 0. The van der Waals surface area contributed by atoms with Gasteiger partial charge in [0.2, 0.25) is 15.9 Å². The van der Waals surface area contributed by atoms with Gasteiger partial charge in [0.1, 0.15) is 11.9 Å². The summed E-state index contributed by atoms with van der Waals surface area (Å²) in [6, 6.07) is 13.0. The Kier molecular flexibility index (Phi) is 7.54. The van der Waals surface area contributed by atoms with Crippen LogP contribution in [0.4, 0.5) is 15.8 Å². The Bertz CT molecular complexity index is 1010. The maximum atomic E-state index is 14.3. The minimum absolute atomic E-state index is 0.114. The van der Waals surface area contributed by atoms with Crippen molar-refractivity contribution in [1.29, 1.82) is 0 Å². The van der Waals surface area contributed by atoms with Crippen LogP contribution in [0.2, 0.25) is 0 Å². The lowest BCUT2D eigenvalue weighted by molar-refractivity contribution is -0.122. The summed E-state index contributed by atoms with van der Waals surface area (Å²) in [6.07, 6.45) is 4.14. The highest BCUT2D eigenvalue weighted by molar-refractivity contribution is 7.92. The molecule has 1 unspecified atom stereocenters. The van der Waals surface area contributed by atoms with Crippen molar-refractivity contribution >= 4 is 27.3 Å². The SMILES string of the molecule is CCC(C(=O)NCCCN1CCCc2ccccc21)N(c1ccccc1F)S(C)(=O)=O. The molecule has 0 saturated carbocycles. The van der Waals surface area contributed by atoms with E-state index in [0.717, 1.165) is 42.9 Å². The molecule has 0 bridgehead atoms. The molecule has 6 nitrogen and oxygen atoms in total. The topological polar surface area (TPSA) is 69.7 Å². The van der Waals surface area contributed by atoms with Crippen molar-refractivity contribution in [3.05, 3.63) is 59.9 Å². The van der Waals surface area contributed by atoms with Gasteiger partial charge in [0.25, 0.3) is 0 Å². The van der Waals surface area contributed by atoms with Crippen molar-refractivity contribution in [2.75, 3.05) is 35.1 Å². The molecule has 0 aliphatic carbocycles. The first-order chi connectivity index (χ1) is 14.8. The van der Waals surface area contributed by atoms with E-state index in [2.05, 4.69) is 28.4 Å². The number of carbonyl (C=O) groups excluding carboxylic acids is 1. The van der Waals surface area contributed by atoms with Crippen LogP contribution in [0.25, 0.3) is 0 Å². The van der Waals surface area contributed by atoms with Gasteiger partial charge in [-0.15, -0.1) is 0 Å². The smallest absolute Gasteiger partial charge is 0.243 e. The molecule has 8 heteroatoms. The second kappa shape index (κ2) is 10.1. The van der Waals surface area contributed by atoms with Gasteiger partial charge < -0.3 is 10.2 Å². The summed E-state index contributed by atoms with van der Waals surface area (Å²) in [7, 11) is -3.85. The average Bonchev–Trinajstić information content (AvgIpc) is 2.75. The van der Waals surface area contributed by atoms with Crippen molar-refractivity contribution in [3.8, 4) is 0 Å². The van der Waals surface area contributed by atoms with Crippen LogP contribution in [0, 0.1) is 5.82 Å². The van der Waals surface area contributed by atoms with Gasteiger partial charge in [0.15, 0.2) is 0 Å². The number of sulfonamides is 1. The first kappa shape index (κ1) is 23.1. The normalized spacial score (nSPS) is 14.6. The molecular weight excluding hydrogens is 417 g/mol. The molecular formula is C23H30FN3O3S. The van der Waals surface area contributed by atoms with Crippen LogP contribution in [0.15, 0.2) is 48.5 Å². The summed E-state index contributed by atoms with van der Waals surface area (Å²) in [5.41, 5.74) is 2.48. The number of aryl methyl sites for hydroxylation is 1. The Hall–Kier alpha value is -2.61. The van der Waals surface area contributed by atoms with Crippen LogP contribution >= 0.6 is 0 Å². The number of fused-ring (bicyclic) bond motifs is 1. The summed E-state index contributed by atoms with van der Waals surface area (Å²) in [5, 5.41) is 2.84. The Morgan fingerprint density at radius 1 is 1.19 bits per heavy atom. The molecule has 0 fully saturated rings. The number of hydrogen-bond donors (Lipinski definition) is 1. The lowest BCUT2D eigenvalue weighted by Gasteiger charge is -2.32. The summed E-state index contributed by atoms with van der Waals surface area (Å²) in [6.45, 7) is 3.92. The summed E-state index contributed by atoms with van der Waals surface area (Å²) in [5.74, 6) is -1.10. The summed E-state index contributed by atoms with van der Waals surface area (Å²) in [4.78, 5) is 15.2. The highest BCUT2D eigenvalue weighted by Gasteiger charge is 2.32. The van der Waals surface area contributed by atoms with Gasteiger partial charge in [-0.3, -0.25) is 9.10 Å². The third kappa shape index (κ3) is 5.55. The predicted octanol–water partition coefficient (Wildman–Crippen LogP) is 3.33. The molecule has 1 heterocycles. The molecule has 31 heavy (non-hydrogen) atoms. The summed E-state index contributed by atoms with van der Waals surface area (Å²) < 4.78 is 40.0. The Morgan fingerprint density at radius 3 is 2.61 bits per heavy atom. The second-order valence-corrected chi connectivity index (χ2v) is 9.66. The lowest BCUT2D eigenvalue weighted by atomic mass is 10.0. The van der Waals surface area contributed by atoms with Gasteiger partial charge in [-0.05, 0) is 49.4 Å². The average molecular weight is 448 g/mol. The highest BCUT2D eigenvalue weighted by Crippen LogP contribution is 2.27. The fourth-order valence-electron chi connectivity index (χ4n) is 4.11. The zero-order chi connectivity index (χ0) is 22.4. The number of amides is 1. The Balaban J connectivity index is 1.63. The van der Waals surface area contributed by atoms with E-state index in [-0.39, 0.29) is 12.1 Å². The number of benzene rings is 2. The van der Waals surface area contributed by atoms with Crippen LogP contribution in [-0.2, 0) is 21.2 Å². The zero-order valence-electron chi connectivity index (χ0n) is 18.1. The first-order valence-electron chi connectivity index (χ1n) is 10.7. The lowest BCUT2D eigenvalue weighted by Crippen LogP contribution is -2.50. The molecule has 0 saturated heterocycles. The predicted molar refractivity (Wildman–Crippen MR) is 122 cm³/mol. The van der Waals surface area contributed by atoms with E-state index in [1.165, 1.54) is 29.4 Å². The van der Waals surface area contributed by atoms with Crippen molar-refractivity contribution in [2.45, 2.75) is 38.6 Å². The fraction of sp³-hybridized carbons (Fsp3) is 0.435. The molecule has 1 N–H and O–H groups in total. The fourth-order valence-corrected chi connectivity index (χ4v) is 5.32. The monoisotopic (exact) mass is 447 g/mol. The molecule has 3 rings (SSSR count). The van der Waals surface area contributed by atoms with E-state index in [4.69, 9.17) is 0 Å². The van der Waals surface area contributed by atoms with Crippen LogP contribution < -0.4 is 14.5 Å². The number of nitrogens with zero attached hydrogens (tertiary/aromatic N) is 2. The van der Waals surface area contributed by atoms with Crippen molar-refractivity contribution < 1.29 is 17.6 Å². The van der Waals surface area contributed by atoms with E-state index in [1.807, 2.05) is 6.07 Å². The molecule has 1 atom stereocenters. The van der Waals surface area contributed by atoms with E-state index in [0.29, 0.717) is 6.54 Å². The highest BCUT2D eigenvalue weighted by atomic mass is 32.2. The first-order valence-corrected chi connectivity index (χ1v) is 12.5. The van der Waals surface area contributed by atoms with Gasteiger partial charge in [-0.1, -0.05) is 37.3 Å². The molecule has 168 valence electrons. The number of halogens is 1. The van der Waals surface area contributed by atoms with Crippen LogP contribution in [0.5, 0.6) is 0 Å². The van der Waals surface area contributed by atoms with Gasteiger partial charge >= 0.3 is 0 Å². The molecule has 1 aliphatic heterocycles.